The van der Waals surface area contributed by atoms with Gasteiger partial charge in [-0.15, -0.1) is 0 Å². The lowest BCUT2D eigenvalue weighted by Gasteiger charge is -2.42. The van der Waals surface area contributed by atoms with Gasteiger partial charge in [0.15, 0.2) is 0 Å². The fraction of sp³-hybridized carbons (Fsp3) is 0.105. The molecule has 0 saturated heterocycles. The summed E-state index contributed by atoms with van der Waals surface area (Å²) in [6.45, 7) is 0.556. The molecule has 3 N–H and O–H groups in total. The summed E-state index contributed by atoms with van der Waals surface area (Å²) in [5.74, 6) is 0. The lowest BCUT2D eigenvalue weighted by Crippen LogP contribution is -2.43. The molecular weight excluding hydrogens is 498 g/mol. The summed E-state index contributed by atoms with van der Waals surface area (Å²) in [5, 5.41) is 6.43. The highest BCUT2D eigenvalue weighted by molar-refractivity contribution is 5.84. The van der Waals surface area contributed by atoms with Crippen molar-refractivity contribution in [3.8, 4) is 22.3 Å². The van der Waals surface area contributed by atoms with Crippen molar-refractivity contribution < 1.29 is 0 Å². The van der Waals surface area contributed by atoms with E-state index < -0.39 is 0 Å². The van der Waals surface area contributed by atoms with Gasteiger partial charge in [-0.25, -0.2) is 0 Å². The second kappa shape index (κ2) is 10.7. The molecule has 6 aromatic carbocycles. The first kappa shape index (κ1) is 25.3. The van der Waals surface area contributed by atoms with Gasteiger partial charge in [-0.1, -0.05) is 115 Å². The first-order valence-electron chi connectivity index (χ1n) is 14.2. The smallest absolute Gasteiger partial charge is 0.106 e. The average Bonchev–Trinajstić information content (AvgIpc) is 3.05. The molecule has 1 aliphatic rings. The van der Waals surface area contributed by atoms with Crippen molar-refractivity contribution in [2.75, 3.05) is 11.9 Å². The van der Waals surface area contributed by atoms with Crippen molar-refractivity contribution in [1.82, 2.24) is 5.32 Å². The van der Waals surface area contributed by atoms with E-state index in [1.165, 1.54) is 55.4 Å². The maximum atomic E-state index is 5.88. The highest BCUT2D eigenvalue weighted by Gasteiger charge is 2.31. The summed E-state index contributed by atoms with van der Waals surface area (Å²) in [7, 11) is 2.18. The second-order valence-electron chi connectivity index (χ2n) is 10.9. The Labute approximate surface area is 241 Å². The van der Waals surface area contributed by atoms with E-state index in [1.807, 2.05) is 0 Å². The van der Waals surface area contributed by atoms with Gasteiger partial charge in [0.2, 0.25) is 0 Å². The van der Waals surface area contributed by atoms with Crippen molar-refractivity contribution in [2.45, 2.75) is 18.8 Å². The molecule has 1 aliphatic heterocycles. The SMILES string of the molecule is CN1c2ccccc2C(c2ccc(-c3cccc(-c4ccccc4)c3)cc2)NC1c1ccc2cc(CN)ccc2c1. The molecule has 0 amide bonds. The quantitative estimate of drug-likeness (QED) is 0.234. The predicted molar refractivity (Wildman–Crippen MR) is 172 cm³/mol. The summed E-state index contributed by atoms with van der Waals surface area (Å²) in [6.07, 6.45) is 0.0377. The molecule has 3 heteroatoms. The van der Waals surface area contributed by atoms with Gasteiger partial charge in [-0.2, -0.15) is 0 Å². The molecule has 0 bridgehead atoms. The van der Waals surface area contributed by atoms with Crippen LogP contribution in [-0.2, 0) is 6.54 Å². The van der Waals surface area contributed by atoms with E-state index in [4.69, 9.17) is 5.73 Å². The van der Waals surface area contributed by atoms with Gasteiger partial charge >= 0.3 is 0 Å². The van der Waals surface area contributed by atoms with Crippen LogP contribution in [0.3, 0.4) is 0 Å². The van der Waals surface area contributed by atoms with Crippen molar-refractivity contribution in [3.63, 3.8) is 0 Å². The van der Waals surface area contributed by atoms with Crippen LogP contribution in [0.15, 0.2) is 140 Å². The monoisotopic (exact) mass is 531 g/mol. The Morgan fingerprint density at radius 3 is 2.00 bits per heavy atom. The van der Waals surface area contributed by atoms with E-state index in [1.54, 1.807) is 0 Å². The maximum Gasteiger partial charge on any atom is 0.106 e. The molecule has 0 aromatic heterocycles. The highest BCUT2D eigenvalue weighted by atomic mass is 15.3. The van der Waals surface area contributed by atoms with Crippen molar-refractivity contribution in [3.05, 3.63) is 162 Å². The fourth-order valence-corrected chi connectivity index (χ4v) is 6.13. The molecule has 1 heterocycles. The lowest BCUT2D eigenvalue weighted by atomic mass is 9.91. The Morgan fingerprint density at radius 2 is 1.22 bits per heavy atom. The number of hydrogen-bond acceptors (Lipinski definition) is 3. The summed E-state index contributed by atoms with van der Waals surface area (Å²) >= 11 is 0. The molecule has 2 unspecified atom stereocenters. The van der Waals surface area contributed by atoms with Crippen LogP contribution in [0.1, 0.15) is 34.5 Å². The zero-order chi connectivity index (χ0) is 27.8. The van der Waals surface area contributed by atoms with Crippen LogP contribution in [0, 0.1) is 0 Å². The maximum absolute atomic E-state index is 5.88. The molecule has 0 fully saturated rings. The standard InChI is InChI=1S/C38H33N3/c1-41-36-13-6-5-12-35(36)37(40-38(41)34-21-20-32-22-26(25-39)14-15-33(32)24-34)29-18-16-28(17-19-29)31-11-7-10-30(23-31)27-8-3-2-4-9-27/h2-24,37-38,40H,25,39H2,1H3. The number of fused-ring (bicyclic) bond motifs is 2. The number of nitrogens with zero attached hydrogens (tertiary/aromatic N) is 1. The van der Waals surface area contributed by atoms with Crippen LogP contribution in [0.25, 0.3) is 33.0 Å². The number of benzene rings is 6. The first-order valence-corrected chi connectivity index (χ1v) is 14.2. The minimum absolute atomic E-state index is 0.0377. The Balaban J connectivity index is 1.22. The van der Waals surface area contributed by atoms with Gasteiger partial charge in [0.05, 0.1) is 6.04 Å². The van der Waals surface area contributed by atoms with E-state index in [0.29, 0.717) is 6.54 Å². The fourth-order valence-electron chi connectivity index (χ4n) is 6.13. The van der Waals surface area contributed by atoms with Gasteiger partial charge in [0.1, 0.15) is 6.17 Å². The third-order valence-electron chi connectivity index (χ3n) is 8.37. The Kier molecular flexibility index (Phi) is 6.60. The molecule has 6 aromatic rings. The zero-order valence-electron chi connectivity index (χ0n) is 23.2. The van der Waals surface area contributed by atoms with E-state index >= 15 is 0 Å². The van der Waals surface area contributed by atoms with Gasteiger partial charge < -0.3 is 10.6 Å². The third kappa shape index (κ3) is 4.80. The van der Waals surface area contributed by atoms with E-state index in [-0.39, 0.29) is 12.2 Å². The minimum Gasteiger partial charge on any atom is -0.355 e. The summed E-state index contributed by atoms with van der Waals surface area (Å²) in [4.78, 5) is 2.35. The van der Waals surface area contributed by atoms with Crippen LogP contribution in [0.2, 0.25) is 0 Å². The van der Waals surface area contributed by atoms with Crippen LogP contribution in [0.5, 0.6) is 0 Å². The number of nitrogens with one attached hydrogen (secondary N) is 1. The molecule has 7 rings (SSSR count). The van der Waals surface area contributed by atoms with Crippen molar-refractivity contribution in [1.29, 1.82) is 0 Å². The molecule has 2 atom stereocenters. The normalized spacial score (nSPS) is 16.5. The zero-order valence-corrected chi connectivity index (χ0v) is 23.2. The highest BCUT2D eigenvalue weighted by Crippen LogP contribution is 2.41. The molecule has 0 spiro atoms. The van der Waals surface area contributed by atoms with E-state index in [2.05, 4.69) is 157 Å². The molecule has 41 heavy (non-hydrogen) atoms. The first-order chi connectivity index (χ1) is 20.2. The third-order valence-corrected chi connectivity index (χ3v) is 8.37. The average molecular weight is 532 g/mol. The molecular formula is C38H33N3. The predicted octanol–water partition coefficient (Wildman–Crippen LogP) is 8.46. The molecule has 0 aliphatic carbocycles. The van der Waals surface area contributed by atoms with Crippen LogP contribution in [-0.4, -0.2) is 7.05 Å². The second-order valence-corrected chi connectivity index (χ2v) is 10.9. The number of nitrogens with two attached hydrogens (primary N) is 1. The van der Waals surface area contributed by atoms with Gasteiger partial charge in [0.25, 0.3) is 0 Å². The summed E-state index contributed by atoms with van der Waals surface area (Å²) in [6, 6.07) is 50.5. The molecule has 0 saturated carbocycles. The topological polar surface area (TPSA) is 41.3 Å². The minimum atomic E-state index is 0.0377. The Morgan fingerprint density at radius 1 is 0.585 bits per heavy atom. The number of rotatable bonds is 5. The number of anilines is 1. The summed E-state index contributed by atoms with van der Waals surface area (Å²) < 4.78 is 0. The number of para-hydroxylation sites is 1. The molecule has 3 nitrogen and oxygen atoms in total. The Bertz CT molecular complexity index is 1830. The lowest BCUT2D eigenvalue weighted by molar-refractivity contribution is 0.454. The van der Waals surface area contributed by atoms with E-state index in [0.717, 1.165) is 5.56 Å². The van der Waals surface area contributed by atoms with Gasteiger partial charge in [-0.3, -0.25) is 5.32 Å². The summed E-state index contributed by atoms with van der Waals surface area (Å²) in [5.41, 5.74) is 17.0. The molecule has 200 valence electrons. The van der Waals surface area contributed by atoms with E-state index in [9.17, 15) is 0 Å². The van der Waals surface area contributed by atoms with Crippen molar-refractivity contribution in [2.24, 2.45) is 5.73 Å². The van der Waals surface area contributed by atoms with Gasteiger partial charge in [0, 0.05) is 19.3 Å². The molecule has 0 radical (unpaired) electrons. The van der Waals surface area contributed by atoms with Crippen LogP contribution >= 0.6 is 0 Å². The van der Waals surface area contributed by atoms with Crippen LogP contribution < -0.4 is 16.0 Å². The number of hydrogen-bond donors (Lipinski definition) is 2. The van der Waals surface area contributed by atoms with Gasteiger partial charge in [-0.05, 0) is 79.5 Å². The van der Waals surface area contributed by atoms with Crippen LogP contribution in [0.4, 0.5) is 5.69 Å². The largest absolute Gasteiger partial charge is 0.355 e. The van der Waals surface area contributed by atoms with Crippen molar-refractivity contribution >= 4 is 16.5 Å². The Hall–Kier alpha value is -4.70.